The lowest BCUT2D eigenvalue weighted by Gasteiger charge is -2.04. The van der Waals surface area contributed by atoms with E-state index in [-0.39, 0.29) is 11.3 Å². The molecule has 0 radical (unpaired) electrons. The third kappa shape index (κ3) is 5.50. The van der Waals surface area contributed by atoms with Crippen molar-refractivity contribution in [1.82, 2.24) is 5.32 Å². The van der Waals surface area contributed by atoms with Gasteiger partial charge in [0, 0.05) is 36.4 Å². The topological polar surface area (TPSA) is 108 Å². The number of rotatable bonds is 7. The minimum absolute atomic E-state index is 0.0381. The highest BCUT2D eigenvalue weighted by Gasteiger charge is 2.08. The zero-order valence-electron chi connectivity index (χ0n) is 11.0. The van der Waals surface area contributed by atoms with Crippen LogP contribution in [0, 0.1) is 21.4 Å². The van der Waals surface area contributed by atoms with Crippen LogP contribution in [0.1, 0.15) is 6.42 Å². The first kappa shape index (κ1) is 16.5. The van der Waals surface area contributed by atoms with Crippen LogP contribution in [0.25, 0.3) is 0 Å². The van der Waals surface area contributed by atoms with Gasteiger partial charge in [-0.3, -0.25) is 14.9 Å². The maximum absolute atomic E-state index is 11.6. The molecule has 0 aliphatic carbocycles. The first-order valence-corrected chi connectivity index (χ1v) is 6.57. The molecule has 1 aromatic rings. The molecule has 1 aromatic carbocycles. The van der Waals surface area contributed by atoms with Crippen LogP contribution in [0.5, 0.6) is 0 Å². The monoisotopic (exact) mass is 308 g/mol. The second kappa shape index (κ2) is 8.55. The highest BCUT2D eigenvalue weighted by Crippen LogP contribution is 2.15. The van der Waals surface area contributed by atoms with Gasteiger partial charge in [-0.1, -0.05) is 0 Å². The summed E-state index contributed by atoms with van der Waals surface area (Å²) in [6.07, 6.45) is 1.86. The fourth-order valence-corrected chi connectivity index (χ4v) is 1.48. The Morgan fingerprint density at radius 3 is 2.62 bits per heavy atom. The Morgan fingerprint density at radius 1 is 1.43 bits per heavy atom. The van der Waals surface area contributed by atoms with Gasteiger partial charge in [0.15, 0.2) is 0 Å². The number of nitrogens with one attached hydrogen (secondary N) is 2. The van der Waals surface area contributed by atoms with E-state index in [0.29, 0.717) is 24.5 Å². The van der Waals surface area contributed by atoms with Gasteiger partial charge >= 0.3 is 0 Å². The van der Waals surface area contributed by atoms with Crippen LogP contribution in [-0.2, 0) is 4.79 Å². The summed E-state index contributed by atoms with van der Waals surface area (Å²) in [5.41, 5.74) is 0.397. The second-order valence-electron chi connectivity index (χ2n) is 3.92. The molecule has 1 rings (SSSR count). The lowest BCUT2D eigenvalue weighted by molar-refractivity contribution is -0.384. The number of carbonyl (C=O) groups is 1. The Hall–Kier alpha value is -2.59. The molecule has 110 valence electrons. The van der Waals surface area contributed by atoms with E-state index in [1.165, 1.54) is 30.5 Å². The zero-order chi connectivity index (χ0) is 15.7. The average Bonchev–Trinajstić information content (AvgIpc) is 2.48. The van der Waals surface area contributed by atoms with Crippen molar-refractivity contribution in [3.8, 4) is 6.07 Å². The molecule has 0 unspecified atom stereocenters. The Balaban J connectivity index is 2.65. The van der Waals surface area contributed by atoms with Gasteiger partial charge in [0.25, 0.3) is 11.6 Å². The molecule has 2 N–H and O–H groups in total. The third-order valence-electron chi connectivity index (χ3n) is 2.42. The van der Waals surface area contributed by atoms with Crippen LogP contribution in [0.2, 0.25) is 0 Å². The summed E-state index contributed by atoms with van der Waals surface area (Å²) < 4.78 is 0. The quantitative estimate of drug-likeness (QED) is 0.200. The standard InChI is InChI=1S/C13H13ClN4O3/c14-6-1-7-16-13(19)10(8-15)9-17-11-2-4-12(5-3-11)18(20)21/h2-5,9,17H,1,6-7H2,(H,16,19)/b10-9-. The van der Waals surface area contributed by atoms with Gasteiger partial charge in [-0.25, -0.2) is 0 Å². The molecule has 0 saturated heterocycles. The number of nitrogens with zero attached hydrogens (tertiary/aromatic N) is 2. The molecule has 0 aromatic heterocycles. The molecule has 0 fully saturated rings. The Labute approximate surface area is 126 Å². The molecular weight excluding hydrogens is 296 g/mol. The average molecular weight is 309 g/mol. The number of amides is 1. The molecule has 0 aliphatic rings. The summed E-state index contributed by atoms with van der Waals surface area (Å²) in [7, 11) is 0. The van der Waals surface area contributed by atoms with Gasteiger partial charge in [-0.15, -0.1) is 11.6 Å². The molecule has 0 aliphatic heterocycles. The highest BCUT2D eigenvalue weighted by atomic mass is 35.5. The van der Waals surface area contributed by atoms with Crippen LogP contribution >= 0.6 is 11.6 Å². The minimum atomic E-state index is -0.509. The van der Waals surface area contributed by atoms with Gasteiger partial charge in [-0.2, -0.15) is 5.26 Å². The smallest absolute Gasteiger partial charge is 0.269 e. The Morgan fingerprint density at radius 2 is 2.10 bits per heavy atom. The van der Waals surface area contributed by atoms with Crippen LogP contribution in [-0.4, -0.2) is 23.3 Å². The predicted octanol–water partition coefficient (Wildman–Crippen LogP) is 2.16. The van der Waals surface area contributed by atoms with E-state index in [1.54, 1.807) is 6.07 Å². The van der Waals surface area contributed by atoms with Crippen molar-refractivity contribution < 1.29 is 9.72 Å². The highest BCUT2D eigenvalue weighted by molar-refractivity contribution is 6.17. The van der Waals surface area contributed by atoms with E-state index in [1.807, 2.05) is 0 Å². The van der Waals surface area contributed by atoms with Crippen molar-refractivity contribution in [2.24, 2.45) is 0 Å². The number of halogens is 1. The van der Waals surface area contributed by atoms with Gasteiger partial charge in [-0.05, 0) is 18.6 Å². The summed E-state index contributed by atoms with van der Waals surface area (Å²) in [5, 5.41) is 24.7. The molecule has 8 heteroatoms. The number of hydrogen-bond acceptors (Lipinski definition) is 5. The van der Waals surface area contributed by atoms with E-state index < -0.39 is 10.8 Å². The number of carbonyl (C=O) groups excluding carboxylic acids is 1. The van der Waals surface area contributed by atoms with Crippen molar-refractivity contribution in [2.75, 3.05) is 17.7 Å². The van der Waals surface area contributed by atoms with Crippen molar-refractivity contribution in [1.29, 1.82) is 5.26 Å². The normalized spacial score (nSPS) is 10.6. The van der Waals surface area contributed by atoms with E-state index in [0.717, 1.165) is 0 Å². The SMILES string of the molecule is N#C/C(=C/Nc1ccc([N+](=O)[O-])cc1)C(=O)NCCCCl. The summed E-state index contributed by atoms with van der Waals surface area (Å²) in [6.45, 7) is 0.388. The maximum Gasteiger partial charge on any atom is 0.269 e. The number of hydrogen-bond donors (Lipinski definition) is 2. The molecule has 0 spiro atoms. The van der Waals surface area contributed by atoms with Gasteiger partial charge in [0.2, 0.25) is 0 Å². The molecule has 1 amide bonds. The predicted molar refractivity (Wildman–Crippen MR) is 78.8 cm³/mol. The van der Waals surface area contributed by atoms with E-state index in [2.05, 4.69) is 10.6 Å². The fraction of sp³-hybridized carbons (Fsp3) is 0.231. The van der Waals surface area contributed by atoms with E-state index in [9.17, 15) is 14.9 Å². The Bertz CT molecular complexity index is 578. The van der Waals surface area contributed by atoms with Crippen molar-refractivity contribution in [3.63, 3.8) is 0 Å². The van der Waals surface area contributed by atoms with Gasteiger partial charge in [0.05, 0.1) is 4.92 Å². The summed E-state index contributed by atoms with van der Waals surface area (Å²) in [5.74, 6) is -0.0792. The summed E-state index contributed by atoms with van der Waals surface area (Å²) in [6, 6.07) is 7.38. The largest absolute Gasteiger partial charge is 0.360 e. The van der Waals surface area contributed by atoms with Crippen LogP contribution in [0.4, 0.5) is 11.4 Å². The first-order chi connectivity index (χ1) is 10.1. The molecule has 7 nitrogen and oxygen atoms in total. The number of anilines is 1. The number of nitro benzene ring substituents is 1. The number of alkyl halides is 1. The van der Waals surface area contributed by atoms with Crippen LogP contribution < -0.4 is 10.6 Å². The fourth-order valence-electron chi connectivity index (χ4n) is 1.35. The third-order valence-corrected chi connectivity index (χ3v) is 2.69. The minimum Gasteiger partial charge on any atom is -0.360 e. The van der Waals surface area contributed by atoms with Crippen molar-refractivity contribution in [2.45, 2.75) is 6.42 Å². The number of nitriles is 1. The lowest BCUT2D eigenvalue weighted by Crippen LogP contribution is -2.26. The molecule has 0 atom stereocenters. The van der Waals surface area contributed by atoms with Crippen molar-refractivity contribution in [3.05, 3.63) is 46.2 Å². The number of benzene rings is 1. The second-order valence-corrected chi connectivity index (χ2v) is 4.29. The van der Waals surface area contributed by atoms with Gasteiger partial charge < -0.3 is 10.6 Å². The molecule has 0 bridgehead atoms. The molecule has 0 heterocycles. The van der Waals surface area contributed by atoms with Crippen molar-refractivity contribution >= 4 is 28.9 Å². The van der Waals surface area contributed by atoms with Crippen LogP contribution in [0.15, 0.2) is 36.0 Å². The van der Waals surface area contributed by atoms with Gasteiger partial charge in [0.1, 0.15) is 11.6 Å². The van der Waals surface area contributed by atoms with Crippen LogP contribution in [0.3, 0.4) is 0 Å². The number of non-ortho nitro benzene ring substituents is 1. The number of nitro groups is 1. The van der Waals surface area contributed by atoms with E-state index in [4.69, 9.17) is 16.9 Å². The maximum atomic E-state index is 11.6. The lowest BCUT2D eigenvalue weighted by atomic mass is 10.2. The zero-order valence-corrected chi connectivity index (χ0v) is 11.8. The molecule has 21 heavy (non-hydrogen) atoms. The molecular formula is C13H13ClN4O3. The molecule has 0 saturated carbocycles. The van der Waals surface area contributed by atoms with E-state index >= 15 is 0 Å². The summed E-state index contributed by atoms with van der Waals surface area (Å²) >= 11 is 5.48. The Kier molecular flexibility index (Phi) is 6.71. The first-order valence-electron chi connectivity index (χ1n) is 6.04. The summed E-state index contributed by atoms with van der Waals surface area (Å²) in [4.78, 5) is 21.6.